The molecule has 0 aliphatic heterocycles. The van der Waals surface area contributed by atoms with Gasteiger partial charge in [-0.1, -0.05) is 12.1 Å². The van der Waals surface area contributed by atoms with Gasteiger partial charge in [0.1, 0.15) is 6.61 Å². The third kappa shape index (κ3) is 3.10. The zero-order valence-electron chi connectivity index (χ0n) is 11.0. The van der Waals surface area contributed by atoms with E-state index in [1.165, 1.54) is 0 Å². The molecule has 0 aliphatic rings. The zero-order chi connectivity index (χ0) is 13.8. The average molecular weight is 256 g/mol. The van der Waals surface area contributed by atoms with Gasteiger partial charge >= 0.3 is 5.97 Å². The number of nitrogens with zero attached hydrogens (tertiary/aromatic N) is 1. The van der Waals surface area contributed by atoms with Gasteiger partial charge in [-0.25, -0.2) is 4.79 Å². The quantitative estimate of drug-likeness (QED) is 0.677. The van der Waals surface area contributed by atoms with E-state index in [4.69, 9.17) is 10.5 Å². The van der Waals surface area contributed by atoms with Crippen molar-refractivity contribution in [3.05, 3.63) is 58.9 Å². The number of carbonyl (C=O) groups excluding carboxylic acids is 1. The Balaban J connectivity index is 2.10. The Hall–Kier alpha value is -2.36. The van der Waals surface area contributed by atoms with Crippen LogP contribution in [0.4, 0.5) is 5.69 Å². The largest absolute Gasteiger partial charge is 0.457 e. The minimum absolute atomic E-state index is 0.196. The van der Waals surface area contributed by atoms with E-state index in [9.17, 15) is 4.79 Å². The van der Waals surface area contributed by atoms with Crippen molar-refractivity contribution in [3.63, 3.8) is 0 Å². The van der Waals surface area contributed by atoms with Gasteiger partial charge in [-0.3, -0.25) is 4.98 Å². The Bertz CT molecular complexity index is 589. The Morgan fingerprint density at radius 3 is 2.79 bits per heavy atom. The molecule has 2 N–H and O–H groups in total. The number of ether oxygens (including phenoxy) is 1. The van der Waals surface area contributed by atoms with Crippen LogP contribution in [0.25, 0.3) is 0 Å². The van der Waals surface area contributed by atoms with Gasteiger partial charge in [0.05, 0.1) is 5.56 Å². The van der Waals surface area contributed by atoms with Crippen LogP contribution in [0.3, 0.4) is 0 Å². The zero-order valence-corrected chi connectivity index (χ0v) is 11.0. The predicted octanol–water partition coefficient (Wildman–Crippen LogP) is 2.64. The molecule has 4 heteroatoms. The smallest absolute Gasteiger partial charge is 0.340 e. The van der Waals surface area contributed by atoms with E-state index < -0.39 is 5.97 Å². The Morgan fingerprint density at radius 2 is 2.11 bits per heavy atom. The van der Waals surface area contributed by atoms with Crippen molar-refractivity contribution in [3.8, 4) is 0 Å². The van der Waals surface area contributed by atoms with Crippen LogP contribution >= 0.6 is 0 Å². The van der Waals surface area contributed by atoms with Gasteiger partial charge in [0, 0.05) is 23.6 Å². The fourth-order valence-electron chi connectivity index (χ4n) is 1.89. The average Bonchev–Trinajstić information content (AvgIpc) is 2.36. The van der Waals surface area contributed by atoms with Crippen molar-refractivity contribution in [2.24, 2.45) is 0 Å². The molecule has 0 atom stereocenters. The number of nitrogens with two attached hydrogens (primary N) is 1. The van der Waals surface area contributed by atoms with E-state index in [1.54, 1.807) is 18.5 Å². The van der Waals surface area contributed by atoms with E-state index >= 15 is 0 Å². The third-order valence-corrected chi connectivity index (χ3v) is 2.81. The van der Waals surface area contributed by atoms with Crippen LogP contribution in [0.2, 0.25) is 0 Å². The molecule has 0 spiro atoms. The number of rotatable bonds is 3. The molecule has 0 saturated carbocycles. The van der Waals surface area contributed by atoms with Gasteiger partial charge < -0.3 is 10.5 Å². The molecule has 98 valence electrons. The number of aromatic nitrogens is 1. The number of hydrogen-bond acceptors (Lipinski definition) is 4. The van der Waals surface area contributed by atoms with E-state index in [0.717, 1.165) is 16.7 Å². The number of anilines is 1. The number of hydrogen-bond donors (Lipinski definition) is 1. The molecular weight excluding hydrogens is 240 g/mol. The topological polar surface area (TPSA) is 65.2 Å². The lowest BCUT2D eigenvalue weighted by Gasteiger charge is -2.09. The molecule has 4 nitrogen and oxygen atoms in total. The van der Waals surface area contributed by atoms with E-state index in [-0.39, 0.29) is 6.61 Å². The Kier molecular flexibility index (Phi) is 3.80. The molecule has 1 aromatic heterocycles. The molecule has 2 rings (SSSR count). The predicted molar refractivity (Wildman–Crippen MR) is 73.7 cm³/mol. The summed E-state index contributed by atoms with van der Waals surface area (Å²) in [7, 11) is 0. The molecule has 2 aromatic rings. The van der Waals surface area contributed by atoms with Gasteiger partial charge in [-0.2, -0.15) is 0 Å². The van der Waals surface area contributed by atoms with Gasteiger partial charge in [0.15, 0.2) is 0 Å². The summed E-state index contributed by atoms with van der Waals surface area (Å²) in [5.74, 6) is -0.405. The molecule has 0 amide bonds. The van der Waals surface area contributed by atoms with Crippen LogP contribution in [0.5, 0.6) is 0 Å². The molecule has 0 saturated heterocycles. The van der Waals surface area contributed by atoms with Gasteiger partial charge in [0.25, 0.3) is 0 Å². The molecule has 19 heavy (non-hydrogen) atoms. The van der Waals surface area contributed by atoms with E-state index in [1.807, 2.05) is 32.0 Å². The Labute approximate surface area is 112 Å². The third-order valence-electron chi connectivity index (χ3n) is 2.81. The second-order valence-corrected chi connectivity index (χ2v) is 4.49. The van der Waals surface area contributed by atoms with Crippen molar-refractivity contribution in [1.29, 1.82) is 0 Å². The van der Waals surface area contributed by atoms with Crippen molar-refractivity contribution >= 4 is 11.7 Å². The maximum Gasteiger partial charge on any atom is 0.340 e. The monoisotopic (exact) mass is 256 g/mol. The molecule has 0 fully saturated rings. The maximum atomic E-state index is 12.0. The standard InChI is InChI=1S/C15H16N2O2/c1-10-6-12(8-17-7-10)9-19-15(18)14-11(2)4-3-5-13(14)16/h3-8H,9,16H2,1-2H3. The van der Waals surface area contributed by atoms with Crippen molar-refractivity contribution in [2.45, 2.75) is 20.5 Å². The number of esters is 1. The highest BCUT2D eigenvalue weighted by molar-refractivity contribution is 5.96. The summed E-state index contributed by atoms with van der Waals surface area (Å²) in [6.45, 7) is 3.97. The summed E-state index contributed by atoms with van der Waals surface area (Å²) in [6, 6.07) is 7.27. The minimum atomic E-state index is -0.405. The number of aryl methyl sites for hydroxylation is 2. The first-order chi connectivity index (χ1) is 9.08. The minimum Gasteiger partial charge on any atom is -0.457 e. The number of benzene rings is 1. The summed E-state index contributed by atoms with van der Waals surface area (Å²) < 4.78 is 5.27. The van der Waals surface area contributed by atoms with Crippen molar-refractivity contribution in [2.75, 3.05) is 5.73 Å². The molecule has 0 bridgehead atoms. The van der Waals surface area contributed by atoms with Gasteiger partial charge in [-0.15, -0.1) is 0 Å². The molecule has 0 radical (unpaired) electrons. The second-order valence-electron chi connectivity index (χ2n) is 4.49. The summed E-state index contributed by atoms with van der Waals surface area (Å²) >= 11 is 0. The number of pyridine rings is 1. The fourth-order valence-corrected chi connectivity index (χ4v) is 1.89. The van der Waals surface area contributed by atoms with Crippen molar-refractivity contribution in [1.82, 2.24) is 4.98 Å². The van der Waals surface area contributed by atoms with Gasteiger partial charge in [-0.05, 0) is 37.1 Å². The number of nitrogen functional groups attached to an aromatic ring is 1. The van der Waals surface area contributed by atoms with Crippen LogP contribution in [0, 0.1) is 13.8 Å². The van der Waals surface area contributed by atoms with Crippen LogP contribution in [-0.4, -0.2) is 11.0 Å². The van der Waals surface area contributed by atoms with Crippen LogP contribution in [-0.2, 0) is 11.3 Å². The SMILES string of the molecule is Cc1cncc(COC(=O)c2c(C)cccc2N)c1. The first-order valence-electron chi connectivity index (χ1n) is 6.00. The first kappa shape index (κ1) is 13.1. The number of carbonyl (C=O) groups is 1. The molecule has 1 aromatic carbocycles. The van der Waals surface area contributed by atoms with Crippen LogP contribution in [0.15, 0.2) is 36.7 Å². The molecule has 1 heterocycles. The van der Waals surface area contributed by atoms with Crippen LogP contribution in [0.1, 0.15) is 27.0 Å². The summed E-state index contributed by atoms with van der Waals surface area (Å²) in [5, 5.41) is 0. The van der Waals surface area contributed by atoms with Gasteiger partial charge in [0.2, 0.25) is 0 Å². The van der Waals surface area contributed by atoms with Crippen LogP contribution < -0.4 is 5.73 Å². The summed E-state index contributed by atoms with van der Waals surface area (Å²) in [5.41, 5.74) is 9.38. The first-order valence-corrected chi connectivity index (χ1v) is 6.00. The van der Waals surface area contributed by atoms with Crippen molar-refractivity contribution < 1.29 is 9.53 Å². The summed E-state index contributed by atoms with van der Waals surface area (Å²) in [6.07, 6.45) is 3.44. The molecular formula is C15H16N2O2. The highest BCUT2D eigenvalue weighted by Gasteiger charge is 2.14. The lowest BCUT2D eigenvalue weighted by molar-refractivity contribution is 0.0472. The highest BCUT2D eigenvalue weighted by Crippen LogP contribution is 2.18. The van der Waals surface area contributed by atoms with E-state index in [0.29, 0.717) is 11.3 Å². The normalized spacial score (nSPS) is 10.2. The molecule has 0 unspecified atom stereocenters. The summed E-state index contributed by atoms with van der Waals surface area (Å²) in [4.78, 5) is 16.1. The molecule has 0 aliphatic carbocycles. The van der Waals surface area contributed by atoms with E-state index in [2.05, 4.69) is 4.98 Å². The fraction of sp³-hybridized carbons (Fsp3) is 0.200. The lowest BCUT2D eigenvalue weighted by atomic mass is 10.1. The maximum absolute atomic E-state index is 12.0. The second kappa shape index (κ2) is 5.52. The highest BCUT2D eigenvalue weighted by atomic mass is 16.5. The Morgan fingerprint density at radius 1 is 1.32 bits per heavy atom. The lowest BCUT2D eigenvalue weighted by Crippen LogP contribution is -2.10.